The highest BCUT2D eigenvalue weighted by molar-refractivity contribution is 5.72. The van der Waals surface area contributed by atoms with E-state index >= 15 is 0 Å². The third-order valence-electron chi connectivity index (χ3n) is 4.24. The van der Waals surface area contributed by atoms with Crippen molar-refractivity contribution < 1.29 is 19.0 Å². The molecule has 3 atom stereocenters. The van der Waals surface area contributed by atoms with E-state index in [2.05, 4.69) is 15.8 Å². The molecule has 1 aromatic rings. The summed E-state index contributed by atoms with van der Waals surface area (Å²) in [5, 5.41) is 9.06. The summed E-state index contributed by atoms with van der Waals surface area (Å²) in [6, 6.07) is 6.58. The summed E-state index contributed by atoms with van der Waals surface area (Å²) in [4.78, 5) is 13.2. The number of halogens is 1. The average Bonchev–Trinajstić information content (AvgIpc) is 2.96. The molecule has 3 N–H and O–H groups in total. The Hall–Kier alpha value is -1.54. The van der Waals surface area contributed by atoms with E-state index in [1.807, 2.05) is 0 Å². The van der Waals surface area contributed by atoms with E-state index in [4.69, 9.17) is 9.84 Å². The van der Waals surface area contributed by atoms with Gasteiger partial charge in [0, 0.05) is 32.1 Å². The molecule has 2 aliphatic heterocycles. The molecule has 0 spiro atoms. The van der Waals surface area contributed by atoms with Crippen molar-refractivity contribution >= 4 is 5.97 Å². The Labute approximate surface area is 128 Å². The molecular formula is C15H20FN3O3. The van der Waals surface area contributed by atoms with E-state index in [0.29, 0.717) is 13.2 Å². The Morgan fingerprint density at radius 3 is 2.91 bits per heavy atom. The van der Waals surface area contributed by atoms with Gasteiger partial charge in [0.05, 0.1) is 12.6 Å². The molecule has 3 unspecified atom stereocenters. The zero-order valence-corrected chi connectivity index (χ0v) is 12.2. The van der Waals surface area contributed by atoms with Crippen LogP contribution in [0, 0.1) is 11.7 Å². The predicted molar refractivity (Wildman–Crippen MR) is 77.6 cm³/mol. The van der Waals surface area contributed by atoms with Gasteiger partial charge in [-0.05, 0) is 17.7 Å². The van der Waals surface area contributed by atoms with Gasteiger partial charge in [0.15, 0.2) is 6.10 Å². The van der Waals surface area contributed by atoms with Crippen LogP contribution in [-0.4, -0.2) is 54.9 Å². The maximum absolute atomic E-state index is 13.0. The van der Waals surface area contributed by atoms with Crippen LogP contribution in [-0.2, 0) is 9.53 Å². The summed E-state index contributed by atoms with van der Waals surface area (Å²) < 4.78 is 18.3. The van der Waals surface area contributed by atoms with Gasteiger partial charge in [-0.1, -0.05) is 12.1 Å². The summed E-state index contributed by atoms with van der Waals surface area (Å²) in [6.07, 6.45) is -0.750. The fourth-order valence-corrected chi connectivity index (χ4v) is 3.08. The summed E-state index contributed by atoms with van der Waals surface area (Å²) in [5.74, 6) is -0.871. The zero-order valence-electron chi connectivity index (χ0n) is 12.2. The number of aliphatic carboxylic acids is 1. The van der Waals surface area contributed by atoms with Crippen LogP contribution in [0.3, 0.4) is 0 Å². The van der Waals surface area contributed by atoms with Crippen LogP contribution >= 0.6 is 0 Å². The number of carbonyl (C=O) groups is 1. The first kappa shape index (κ1) is 15.4. The smallest absolute Gasteiger partial charge is 0.334 e. The molecule has 6 nitrogen and oxygen atoms in total. The lowest BCUT2D eigenvalue weighted by atomic mass is 9.94. The normalized spacial score (nSPS) is 29.6. The van der Waals surface area contributed by atoms with Crippen LogP contribution in [0.25, 0.3) is 0 Å². The van der Waals surface area contributed by atoms with Gasteiger partial charge in [-0.2, -0.15) is 0 Å². The summed E-state index contributed by atoms with van der Waals surface area (Å²) in [7, 11) is 0. The van der Waals surface area contributed by atoms with Gasteiger partial charge in [0.25, 0.3) is 0 Å². The molecule has 2 aliphatic rings. The second-order valence-electron chi connectivity index (χ2n) is 5.77. The highest BCUT2D eigenvalue weighted by Crippen LogP contribution is 2.26. The lowest BCUT2D eigenvalue weighted by Gasteiger charge is -2.33. The molecule has 0 saturated carbocycles. The highest BCUT2D eigenvalue weighted by atomic mass is 19.1. The van der Waals surface area contributed by atoms with Crippen LogP contribution in [0.1, 0.15) is 11.6 Å². The third kappa shape index (κ3) is 3.44. The molecule has 0 amide bonds. The quantitative estimate of drug-likeness (QED) is 0.746. The maximum atomic E-state index is 13.0. The molecule has 2 heterocycles. The molecule has 3 rings (SSSR count). The van der Waals surface area contributed by atoms with Crippen molar-refractivity contribution in [2.75, 3.05) is 32.8 Å². The molecule has 1 aromatic carbocycles. The Kier molecular flexibility index (Phi) is 4.68. The summed E-state index contributed by atoms with van der Waals surface area (Å²) in [5.41, 5.74) is 7.39. The van der Waals surface area contributed by atoms with Crippen molar-refractivity contribution in [3.05, 3.63) is 35.6 Å². The highest BCUT2D eigenvalue weighted by Gasteiger charge is 2.33. The lowest BCUT2D eigenvalue weighted by molar-refractivity contribution is -0.156. The van der Waals surface area contributed by atoms with E-state index < -0.39 is 12.1 Å². The summed E-state index contributed by atoms with van der Waals surface area (Å²) in [6.45, 7) is 3.14. The minimum atomic E-state index is -0.914. The topological polar surface area (TPSA) is 73.8 Å². The summed E-state index contributed by atoms with van der Waals surface area (Å²) >= 11 is 0. The molecule has 0 bridgehead atoms. The van der Waals surface area contributed by atoms with Crippen LogP contribution in [0.2, 0.25) is 0 Å². The first-order valence-electron chi connectivity index (χ1n) is 7.44. The number of ether oxygens (including phenoxy) is 1. The van der Waals surface area contributed by atoms with Crippen molar-refractivity contribution in [2.24, 2.45) is 5.92 Å². The van der Waals surface area contributed by atoms with E-state index in [-0.39, 0.29) is 17.8 Å². The van der Waals surface area contributed by atoms with Gasteiger partial charge >= 0.3 is 5.97 Å². The number of nitrogens with zero attached hydrogens (tertiary/aromatic N) is 1. The van der Waals surface area contributed by atoms with Crippen LogP contribution < -0.4 is 10.9 Å². The SMILES string of the molecule is O=C(O)C1CN(CC2CNNC2c2ccc(F)cc2)CCO1. The Morgan fingerprint density at radius 1 is 1.41 bits per heavy atom. The number of nitrogens with one attached hydrogen (secondary N) is 2. The first-order chi connectivity index (χ1) is 10.6. The van der Waals surface area contributed by atoms with E-state index in [0.717, 1.165) is 25.2 Å². The molecule has 2 saturated heterocycles. The number of hydrazine groups is 1. The monoisotopic (exact) mass is 309 g/mol. The Morgan fingerprint density at radius 2 is 2.18 bits per heavy atom. The fourth-order valence-electron chi connectivity index (χ4n) is 3.08. The zero-order chi connectivity index (χ0) is 15.5. The van der Waals surface area contributed by atoms with E-state index in [1.165, 1.54) is 12.1 Å². The first-order valence-corrected chi connectivity index (χ1v) is 7.44. The largest absolute Gasteiger partial charge is 0.479 e. The molecule has 2 fully saturated rings. The minimum Gasteiger partial charge on any atom is -0.479 e. The van der Waals surface area contributed by atoms with Gasteiger partial charge in [-0.15, -0.1) is 0 Å². The van der Waals surface area contributed by atoms with Crippen molar-refractivity contribution in [3.8, 4) is 0 Å². The van der Waals surface area contributed by atoms with Crippen LogP contribution in [0.4, 0.5) is 4.39 Å². The lowest BCUT2D eigenvalue weighted by Crippen LogP contribution is -2.48. The molecule has 0 aromatic heterocycles. The number of rotatable bonds is 4. The van der Waals surface area contributed by atoms with E-state index in [1.54, 1.807) is 12.1 Å². The molecule has 120 valence electrons. The van der Waals surface area contributed by atoms with Gasteiger partial charge in [0.2, 0.25) is 0 Å². The van der Waals surface area contributed by atoms with Crippen LogP contribution in [0.15, 0.2) is 24.3 Å². The van der Waals surface area contributed by atoms with Crippen molar-refractivity contribution in [1.82, 2.24) is 15.8 Å². The standard InChI is InChI=1S/C15H20FN3O3/c16-12-3-1-10(2-4-12)14-11(7-17-18-14)8-19-5-6-22-13(9-19)15(20)21/h1-4,11,13-14,17-18H,5-9H2,(H,20,21). The third-order valence-corrected chi connectivity index (χ3v) is 4.24. The Bertz CT molecular complexity index is 525. The number of benzene rings is 1. The number of hydrogen-bond acceptors (Lipinski definition) is 5. The molecule has 22 heavy (non-hydrogen) atoms. The van der Waals surface area contributed by atoms with Gasteiger partial charge < -0.3 is 9.84 Å². The fraction of sp³-hybridized carbons (Fsp3) is 0.533. The number of carboxylic acids is 1. The molecule has 0 radical (unpaired) electrons. The average molecular weight is 309 g/mol. The maximum Gasteiger partial charge on any atom is 0.334 e. The minimum absolute atomic E-state index is 0.0896. The van der Waals surface area contributed by atoms with Crippen LogP contribution in [0.5, 0.6) is 0 Å². The van der Waals surface area contributed by atoms with E-state index in [9.17, 15) is 9.18 Å². The van der Waals surface area contributed by atoms with Gasteiger partial charge in [-0.3, -0.25) is 10.3 Å². The molecular weight excluding hydrogens is 289 g/mol. The second-order valence-corrected chi connectivity index (χ2v) is 5.77. The number of carboxylic acid groups (broad SMARTS) is 1. The van der Waals surface area contributed by atoms with Crippen molar-refractivity contribution in [3.63, 3.8) is 0 Å². The Balaban J connectivity index is 1.63. The van der Waals surface area contributed by atoms with Crippen molar-refractivity contribution in [1.29, 1.82) is 0 Å². The van der Waals surface area contributed by atoms with Gasteiger partial charge in [0.1, 0.15) is 5.82 Å². The number of morpholine rings is 1. The number of hydrogen-bond donors (Lipinski definition) is 3. The second kappa shape index (κ2) is 6.70. The molecule has 0 aliphatic carbocycles. The predicted octanol–water partition coefficient (Wildman–Crippen LogP) is 0.376. The van der Waals surface area contributed by atoms with Crippen molar-refractivity contribution in [2.45, 2.75) is 12.1 Å². The van der Waals surface area contributed by atoms with Gasteiger partial charge in [-0.25, -0.2) is 14.6 Å². The molecule has 7 heteroatoms.